The zero-order chi connectivity index (χ0) is 26.9. The van der Waals surface area contributed by atoms with E-state index in [9.17, 15) is 21.6 Å². The van der Waals surface area contributed by atoms with Gasteiger partial charge in [0.25, 0.3) is 10.0 Å². The summed E-state index contributed by atoms with van der Waals surface area (Å²) in [6.07, 6.45) is 0. The van der Waals surface area contributed by atoms with Crippen molar-refractivity contribution in [1.29, 1.82) is 0 Å². The Labute approximate surface area is 217 Å². The van der Waals surface area contributed by atoms with Crippen LogP contribution in [0.15, 0.2) is 75.4 Å². The van der Waals surface area contributed by atoms with Gasteiger partial charge >= 0.3 is 0 Å². The van der Waals surface area contributed by atoms with Gasteiger partial charge in [-0.2, -0.15) is 0 Å². The molecule has 0 atom stereocenters. The van der Waals surface area contributed by atoms with E-state index in [1.165, 1.54) is 31.2 Å². The first-order valence-electron chi connectivity index (χ1n) is 11.2. The van der Waals surface area contributed by atoms with Gasteiger partial charge in [0, 0.05) is 28.3 Å². The van der Waals surface area contributed by atoms with Gasteiger partial charge in [0.15, 0.2) is 0 Å². The number of anilines is 2. The summed E-state index contributed by atoms with van der Waals surface area (Å²) in [7, 11) is -6.85. The van der Waals surface area contributed by atoms with Crippen molar-refractivity contribution in [1.82, 2.24) is 0 Å². The first kappa shape index (κ1) is 27.8. The molecule has 0 saturated heterocycles. The fourth-order valence-corrected chi connectivity index (χ4v) is 7.79. The van der Waals surface area contributed by atoms with Gasteiger partial charge in [0.2, 0.25) is 14.8 Å². The molecule has 0 unspecified atom stereocenters. The van der Waals surface area contributed by atoms with Crippen molar-refractivity contribution in [3.05, 3.63) is 77.4 Å². The Bertz CT molecular complexity index is 1490. The van der Waals surface area contributed by atoms with Crippen LogP contribution in [0.1, 0.15) is 44.4 Å². The van der Waals surface area contributed by atoms with Crippen LogP contribution in [0.5, 0.6) is 0 Å². The molecule has 1 amide bonds. The number of benzene rings is 3. The summed E-state index contributed by atoms with van der Waals surface area (Å²) < 4.78 is 55.0. The zero-order valence-electron chi connectivity index (χ0n) is 21.0. The van der Waals surface area contributed by atoms with Gasteiger partial charge in [-0.1, -0.05) is 38.5 Å². The van der Waals surface area contributed by atoms with Crippen LogP contribution < -0.4 is 10.0 Å². The van der Waals surface area contributed by atoms with Crippen molar-refractivity contribution >= 4 is 47.0 Å². The molecule has 3 rings (SSSR count). The zero-order valence-corrected chi connectivity index (χ0v) is 23.5. The molecule has 0 saturated carbocycles. The van der Waals surface area contributed by atoms with Crippen molar-refractivity contribution in [3.8, 4) is 0 Å². The second kappa shape index (κ2) is 10.3. The van der Waals surface area contributed by atoms with Crippen molar-refractivity contribution < 1.29 is 21.6 Å². The number of nitrogens with one attached hydrogen (secondary N) is 2. The molecule has 0 spiro atoms. The smallest absolute Gasteiger partial charge is 0.261 e. The summed E-state index contributed by atoms with van der Waals surface area (Å²) in [5.74, 6) is -0.253. The van der Waals surface area contributed by atoms with E-state index in [0.29, 0.717) is 27.4 Å². The maximum absolute atomic E-state index is 13.1. The number of aryl methyl sites for hydroxylation is 2. The average Bonchev–Trinajstić information content (AvgIpc) is 2.74. The first-order valence-corrected chi connectivity index (χ1v) is 15.5. The summed E-state index contributed by atoms with van der Waals surface area (Å²) in [6, 6.07) is 15.9. The summed E-state index contributed by atoms with van der Waals surface area (Å²) in [5, 5.41) is 2.60. The van der Waals surface area contributed by atoms with Crippen molar-refractivity contribution in [2.75, 3.05) is 10.0 Å². The molecule has 7 nitrogen and oxygen atoms in total. The van der Waals surface area contributed by atoms with Crippen LogP contribution in [-0.4, -0.2) is 22.7 Å². The van der Waals surface area contributed by atoms with E-state index in [2.05, 4.69) is 10.0 Å². The predicted molar refractivity (Wildman–Crippen MR) is 146 cm³/mol. The van der Waals surface area contributed by atoms with E-state index in [4.69, 9.17) is 0 Å². The lowest BCUT2D eigenvalue weighted by atomic mass is 9.86. The quantitative estimate of drug-likeness (QED) is 0.360. The van der Waals surface area contributed by atoms with Crippen LogP contribution in [0.4, 0.5) is 11.4 Å². The Morgan fingerprint density at radius 2 is 1.39 bits per heavy atom. The fraction of sp³-hybridized carbons (Fsp3) is 0.269. The fourth-order valence-electron chi connectivity index (χ4n) is 3.44. The van der Waals surface area contributed by atoms with Gasteiger partial charge < -0.3 is 5.32 Å². The molecule has 3 aromatic rings. The van der Waals surface area contributed by atoms with E-state index in [1.54, 1.807) is 43.3 Å². The Morgan fingerprint density at radius 1 is 0.833 bits per heavy atom. The van der Waals surface area contributed by atoms with Gasteiger partial charge in [-0.15, -0.1) is 0 Å². The van der Waals surface area contributed by atoms with Crippen LogP contribution in [0.3, 0.4) is 0 Å². The summed E-state index contributed by atoms with van der Waals surface area (Å²) in [5.41, 5.74) is 2.65. The topological polar surface area (TPSA) is 109 Å². The number of hydrogen-bond acceptors (Lipinski definition) is 6. The summed E-state index contributed by atoms with van der Waals surface area (Å²) in [4.78, 5) is 12.0. The molecule has 36 heavy (non-hydrogen) atoms. The highest BCUT2D eigenvalue weighted by molar-refractivity contribution is 8.72. The van der Waals surface area contributed by atoms with Gasteiger partial charge in [0.1, 0.15) is 0 Å². The molecule has 0 bridgehead atoms. The van der Waals surface area contributed by atoms with Gasteiger partial charge in [0.05, 0.1) is 15.5 Å². The van der Waals surface area contributed by atoms with Crippen LogP contribution in [0.25, 0.3) is 0 Å². The molecule has 0 aliphatic rings. The van der Waals surface area contributed by atoms with Crippen molar-refractivity contribution in [2.24, 2.45) is 0 Å². The minimum Gasteiger partial charge on any atom is -0.326 e. The highest BCUT2D eigenvalue weighted by atomic mass is 33.1. The van der Waals surface area contributed by atoms with Gasteiger partial charge in [-0.3, -0.25) is 9.52 Å². The van der Waals surface area contributed by atoms with Gasteiger partial charge in [-0.25, -0.2) is 16.8 Å². The molecule has 0 radical (unpaired) electrons. The summed E-state index contributed by atoms with van der Waals surface area (Å²) in [6.45, 7) is 10.8. The standard InChI is InChI=1S/C26H30N2O5S3/c1-17-7-11-22(12-8-17)36(32,33)34-25-15-18(2)24(16-23(25)26(4,5)6)28-35(30,31)21-13-9-20(10-14-21)27-19(3)29/h7-16,28H,1-6H3,(H,27,29). The predicted octanol–water partition coefficient (Wildman–Crippen LogP) is 5.84. The summed E-state index contributed by atoms with van der Waals surface area (Å²) >= 11 is 0. The lowest BCUT2D eigenvalue weighted by Gasteiger charge is -2.25. The first-order chi connectivity index (χ1) is 16.6. The number of carbonyl (C=O) groups excluding carboxylic acids is 1. The highest BCUT2D eigenvalue weighted by Crippen LogP contribution is 2.41. The highest BCUT2D eigenvalue weighted by Gasteiger charge is 2.26. The normalized spacial score (nSPS) is 12.3. The van der Waals surface area contributed by atoms with Crippen LogP contribution in [0, 0.1) is 13.8 Å². The van der Waals surface area contributed by atoms with E-state index in [0.717, 1.165) is 16.4 Å². The Kier molecular flexibility index (Phi) is 7.92. The third kappa shape index (κ3) is 6.68. The molecule has 192 valence electrons. The molecule has 10 heteroatoms. The molecule has 0 aliphatic heterocycles. The molecule has 2 N–H and O–H groups in total. The SMILES string of the molecule is CC(=O)Nc1ccc(S(=O)(=O)Nc2cc(C(C)(C)C)c(SS(=O)(=O)c3ccc(C)cc3)cc2C)cc1. The lowest BCUT2D eigenvalue weighted by molar-refractivity contribution is -0.114. The molecule has 0 aliphatic carbocycles. The monoisotopic (exact) mass is 546 g/mol. The molecular weight excluding hydrogens is 516 g/mol. The van der Waals surface area contributed by atoms with Crippen LogP contribution in [-0.2, 0) is 29.1 Å². The number of sulfonamides is 1. The molecule has 0 aromatic heterocycles. The number of amides is 1. The molecular formula is C26H30N2O5S3. The molecule has 0 heterocycles. The number of rotatable bonds is 7. The second-order valence-corrected chi connectivity index (χ2v) is 15.1. The van der Waals surface area contributed by atoms with Gasteiger partial charge in [-0.05, 0) is 78.9 Å². The largest absolute Gasteiger partial charge is 0.326 e. The molecule has 3 aromatic carbocycles. The van der Waals surface area contributed by atoms with E-state index < -0.39 is 24.3 Å². The lowest BCUT2D eigenvalue weighted by Crippen LogP contribution is -2.17. The van der Waals surface area contributed by atoms with E-state index >= 15 is 0 Å². The molecule has 0 fully saturated rings. The second-order valence-electron chi connectivity index (χ2n) is 9.57. The maximum atomic E-state index is 13.1. The number of carbonyl (C=O) groups is 1. The Balaban J connectivity index is 1.97. The van der Waals surface area contributed by atoms with Crippen molar-refractivity contribution in [3.63, 3.8) is 0 Å². The Morgan fingerprint density at radius 3 is 1.92 bits per heavy atom. The third-order valence-corrected chi connectivity index (χ3v) is 10.1. The van der Waals surface area contributed by atoms with Crippen LogP contribution in [0.2, 0.25) is 0 Å². The minimum atomic E-state index is -3.93. The minimum absolute atomic E-state index is 0.0358. The average molecular weight is 547 g/mol. The van der Waals surface area contributed by atoms with E-state index in [1.807, 2.05) is 27.7 Å². The maximum Gasteiger partial charge on any atom is 0.261 e. The third-order valence-electron chi connectivity index (χ3n) is 5.37. The Hall–Kier alpha value is -2.82. The van der Waals surface area contributed by atoms with Crippen molar-refractivity contribution in [2.45, 2.75) is 61.6 Å². The number of hydrogen-bond donors (Lipinski definition) is 2. The van der Waals surface area contributed by atoms with Crippen LogP contribution >= 0.6 is 10.8 Å². The van der Waals surface area contributed by atoms with E-state index in [-0.39, 0.29) is 15.7 Å².